The molecule has 0 heterocycles. The zero-order valence-electron chi connectivity index (χ0n) is 9.04. The van der Waals surface area contributed by atoms with E-state index < -0.39 is 0 Å². The van der Waals surface area contributed by atoms with Gasteiger partial charge >= 0.3 is 5.69 Å². The van der Waals surface area contributed by atoms with E-state index in [2.05, 4.69) is 4.98 Å². The van der Waals surface area contributed by atoms with Crippen molar-refractivity contribution in [3.8, 4) is 0 Å². The average Bonchev–Trinajstić information content (AvgIpc) is 2.04. The van der Waals surface area contributed by atoms with Crippen molar-refractivity contribution in [3.05, 3.63) is 28.7 Å². The van der Waals surface area contributed by atoms with Crippen LogP contribution in [0.15, 0.2) is 18.2 Å². The molecule has 15 heavy (non-hydrogen) atoms. The third-order valence-electron chi connectivity index (χ3n) is 1.80. The summed E-state index contributed by atoms with van der Waals surface area (Å²) in [4.78, 5) is 5.16. The SMILES string of the molecule is Cc1cc(N(C)C)ccc1[N+]#N.[Cl-].[Cl-].[Zn]. The van der Waals surface area contributed by atoms with Gasteiger partial charge in [0.25, 0.3) is 0 Å². The molecule has 0 saturated heterocycles. The Morgan fingerprint density at radius 1 is 1.20 bits per heavy atom. The van der Waals surface area contributed by atoms with Crippen molar-refractivity contribution in [2.24, 2.45) is 0 Å². The van der Waals surface area contributed by atoms with Crippen LogP contribution in [0.5, 0.6) is 0 Å². The van der Waals surface area contributed by atoms with Gasteiger partial charge in [-0.15, -0.1) is 0 Å². The molecule has 0 bridgehead atoms. The number of anilines is 1. The van der Waals surface area contributed by atoms with Gasteiger partial charge in [0.05, 0.1) is 0 Å². The number of hydrogen-bond acceptors (Lipinski definition) is 2. The second kappa shape index (κ2) is 8.91. The summed E-state index contributed by atoms with van der Waals surface area (Å²) in [6.07, 6.45) is 0. The fraction of sp³-hybridized carbons (Fsp3) is 0.333. The Balaban J connectivity index is -0.000000480. The maximum Gasteiger partial charge on any atom is 0.388 e. The predicted molar refractivity (Wildman–Crippen MR) is 50.3 cm³/mol. The summed E-state index contributed by atoms with van der Waals surface area (Å²) in [7, 11) is 3.95. The number of aryl methyl sites for hydroxylation is 1. The standard InChI is InChI=1S/C9H12N3.2ClH.Zn/c1-7-6-8(12(2)3)4-5-9(7)11-10;;;/h4-6H,1-3H3;2*1H;/q+1;;;/p-2. The fourth-order valence-electron chi connectivity index (χ4n) is 1.03. The molecule has 0 fully saturated rings. The van der Waals surface area contributed by atoms with E-state index in [-0.39, 0.29) is 44.3 Å². The summed E-state index contributed by atoms with van der Waals surface area (Å²) in [5.41, 5.74) is 2.71. The third kappa shape index (κ3) is 5.32. The molecule has 0 aromatic heterocycles. The maximum absolute atomic E-state index is 8.56. The summed E-state index contributed by atoms with van der Waals surface area (Å²) in [5, 5.41) is 8.56. The molecule has 0 aliphatic carbocycles. The van der Waals surface area contributed by atoms with Crippen LogP contribution in [0, 0.1) is 12.3 Å². The van der Waals surface area contributed by atoms with Gasteiger partial charge in [0.2, 0.25) is 5.39 Å². The van der Waals surface area contributed by atoms with Crippen LogP contribution in [-0.2, 0) is 19.5 Å². The van der Waals surface area contributed by atoms with Crippen LogP contribution in [0.1, 0.15) is 5.56 Å². The minimum atomic E-state index is 0. The van der Waals surface area contributed by atoms with Crippen molar-refractivity contribution in [2.75, 3.05) is 19.0 Å². The monoisotopic (exact) mass is 296 g/mol. The molecular formula is C9H12Cl2N3Zn-. The molecule has 0 aliphatic rings. The number of halogens is 2. The molecule has 0 N–H and O–H groups in total. The van der Waals surface area contributed by atoms with Crippen molar-refractivity contribution >= 4 is 11.4 Å². The molecular weight excluding hydrogens is 286 g/mol. The summed E-state index contributed by atoms with van der Waals surface area (Å²) < 4.78 is 0. The first kappa shape index (κ1) is 20.1. The van der Waals surface area contributed by atoms with E-state index in [1.807, 2.05) is 38.1 Å². The molecule has 1 rings (SSSR count). The maximum atomic E-state index is 8.56. The number of diazo groups is 1. The molecule has 1 aromatic rings. The second-order valence-electron chi connectivity index (χ2n) is 2.97. The molecule has 1 aromatic carbocycles. The molecule has 0 spiro atoms. The van der Waals surface area contributed by atoms with Crippen LogP contribution >= 0.6 is 0 Å². The van der Waals surface area contributed by atoms with Crippen molar-refractivity contribution < 1.29 is 44.3 Å². The first-order chi connectivity index (χ1) is 5.65. The van der Waals surface area contributed by atoms with E-state index in [1.54, 1.807) is 6.07 Å². The topological polar surface area (TPSA) is 31.4 Å². The van der Waals surface area contributed by atoms with Gasteiger partial charge in [-0.05, 0) is 19.1 Å². The van der Waals surface area contributed by atoms with E-state index in [1.165, 1.54) is 0 Å². The van der Waals surface area contributed by atoms with E-state index in [4.69, 9.17) is 5.39 Å². The summed E-state index contributed by atoms with van der Waals surface area (Å²) in [6, 6.07) is 5.70. The molecule has 0 atom stereocenters. The Morgan fingerprint density at radius 2 is 1.73 bits per heavy atom. The van der Waals surface area contributed by atoms with Crippen molar-refractivity contribution in [2.45, 2.75) is 6.92 Å². The van der Waals surface area contributed by atoms with Gasteiger partial charge in [0, 0.05) is 50.9 Å². The molecule has 3 nitrogen and oxygen atoms in total. The molecule has 6 heteroatoms. The number of rotatable bonds is 1. The quantitative estimate of drug-likeness (QED) is 0.399. The summed E-state index contributed by atoms with van der Waals surface area (Å²) >= 11 is 0. The van der Waals surface area contributed by atoms with E-state index in [0.29, 0.717) is 5.69 Å². The summed E-state index contributed by atoms with van der Waals surface area (Å²) in [6.45, 7) is 1.92. The van der Waals surface area contributed by atoms with Gasteiger partial charge in [-0.1, -0.05) is 0 Å². The van der Waals surface area contributed by atoms with Gasteiger partial charge in [0.1, 0.15) is 0 Å². The fourth-order valence-corrected chi connectivity index (χ4v) is 1.03. The normalized spacial score (nSPS) is 7.33. The Bertz CT molecular complexity index is 337. The second-order valence-corrected chi connectivity index (χ2v) is 2.97. The van der Waals surface area contributed by atoms with Gasteiger partial charge in [-0.25, -0.2) is 0 Å². The van der Waals surface area contributed by atoms with Crippen LogP contribution < -0.4 is 29.7 Å². The van der Waals surface area contributed by atoms with Gasteiger partial charge in [-0.3, -0.25) is 0 Å². The van der Waals surface area contributed by atoms with E-state index in [9.17, 15) is 0 Å². The minimum Gasteiger partial charge on any atom is -1.00 e. The molecule has 0 amide bonds. The minimum absolute atomic E-state index is 0. The number of hydrogen-bond donors (Lipinski definition) is 0. The van der Waals surface area contributed by atoms with Crippen LogP contribution in [-0.4, -0.2) is 14.1 Å². The predicted octanol–water partition coefficient (Wildman–Crippen LogP) is -3.45. The Labute approximate surface area is 115 Å². The van der Waals surface area contributed by atoms with E-state index >= 15 is 0 Å². The Kier molecular flexibility index (Phi) is 11.9. The van der Waals surface area contributed by atoms with Gasteiger partial charge in [0.15, 0.2) is 4.98 Å². The van der Waals surface area contributed by atoms with Gasteiger partial charge < -0.3 is 29.7 Å². The van der Waals surface area contributed by atoms with Crippen molar-refractivity contribution in [1.82, 2.24) is 0 Å². The zero-order chi connectivity index (χ0) is 9.14. The largest absolute Gasteiger partial charge is 1.00 e. The molecule has 80 valence electrons. The average molecular weight is 299 g/mol. The number of benzene rings is 1. The third-order valence-corrected chi connectivity index (χ3v) is 1.80. The Hall–Kier alpha value is -0.357. The molecule has 0 radical (unpaired) electrons. The number of nitrogens with zero attached hydrogens (tertiary/aromatic N) is 3. The van der Waals surface area contributed by atoms with E-state index in [0.717, 1.165) is 11.3 Å². The zero-order valence-corrected chi connectivity index (χ0v) is 13.5. The first-order valence-corrected chi connectivity index (χ1v) is 3.78. The van der Waals surface area contributed by atoms with Crippen LogP contribution in [0.3, 0.4) is 0 Å². The Morgan fingerprint density at radius 3 is 2.07 bits per heavy atom. The van der Waals surface area contributed by atoms with Crippen LogP contribution in [0.4, 0.5) is 11.4 Å². The van der Waals surface area contributed by atoms with Gasteiger partial charge in [-0.2, -0.15) is 0 Å². The molecule has 0 unspecified atom stereocenters. The van der Waals surface area contributed by atoms with Crippen molar-refractivity contribution in [3.63, 3.8) is 0 Å². The molecule has 0 saturated carbocycles. The smallest absolute Gasteiger partial charge is 0.388 e. The van der Waals surface area contributed by atoms with Crippen LogP contribution in [0.25, 0.3) is 4.98 Å². The molecule has 0 aliphatic heterocycles. The van der Waals surface area contributed by atoms with Crippen molar-refractivity contribution in [1.29, 1.82) is 5.39 Å². The summed E-state index contributed by atoms with van der Waals surface area (Å²) in [5.74, 6) is 0. The van der Waals surface area contributed by atoms with Crippen LogP contribution in [0.2, 0.25) is 0 Å². The first-order valence-electron chi connectivity index (χ1n) is 3.78.